The molecule has 1 aliphatic heterocycles. The van der Waals surface area contributed by atoms with Crippen LogP contribution in [0.1, 0.15) is 54.9 Å². The van der Waals surface area contributed by atoms with Crippen molar-refractivity contribution in [3.63, 3.8) is 0 Å². The van der Waals surface area contributed by atoms with Crippen LogP contribution in [0.5, 0.6) is 5.88 Å². The number of benzene rings is 1. The number of aryl methyl sites for hydroxylation is 2. The third-order valence-electron chi connectivity index (χ3n) is 6.38. The molecule has 2 heterocycles. The molecule has 2 aliphatic carbocycles. The standard InChI is InChI=1S/C21H27N5O3S/c1-12-10-26-20(29-11-12)17(9-23-26)30(22,28)25-21(27)24-19-16-5-3-4-14(16)8-15-7-6-13(2)18(15)19/h8-9,12-13H,3-7,10-11H2,1-2H3,(H3,22,24,25,27,28)/t12-,13-,30+/m0/s1. The Labute approximate surface area is 176 Å². The van der Waals surface area contributed by atoms with Crippen LogP contribution < -0.4 is 15.2 Å². The van der Waals surface area contributed by atoms with Crippen molar-refractivity contribution in [3.8, 4) is 5.88 Å². The van der Waals surface area contributed by atoms with Crippen molar-refractivity contribution in [2.24, 2.45) is 15.4 Å². The third-order valence-corrected chi connectivity index (χ3v) is 7.73. The Morgan fingerprint density at radius 2 is 2.17 bits per heavy atom. The van der Waals surface area contributed by atoms with Crippen molar-refractivity contribution in [3.05, 3.63) is 34.5 Å². The lowest BCUT2D eigenvalue weighted by atomic mass is 9.95. The van der Waals surface area contributed by atoms with Crippen LogP contribution in [-0.2, 0) is 35.7 Å². The molecule has 5 rings (SSSR count). The molecule has 0 spiro atoms. The molecule has 160 valence electrons. The van der Waals surface area contributed by atoms with Gasteiger partial charge in [0.1, 0.15) is 4.90 Å². The Bertz CT molecular complexity index is 1160. The zero-order valence-corrected chi connectivity index (χ0v) is 18.1. The molecule has 1 aromatic carbocycles. The average molecular weight is 430 g/mol. The fourth-order valence-corrected chi connectivity index (χ4v) is 5.96. The van der Waals surface area contributed by atoms with E-state index >= 15 is 0 Å². The van der Waals surface area contributed by atoms with E-state index in [2.05, 4.69) is 27.8 Å². The summed E-state index contributed by atoms with van der Waals surface area (Å²) in [6.45, 7) is 5.36. The van der Waals surface area contributed by atoms with Gasteiger partial charge in [-0.1, -0.05) is 19.9 Å². The number of rotatable bonds is 2. The Kier molecular flexibility index (Phi) is 4.62. The number of carbonyl (C=O) groups is 1. The SMILES string of the molecule is C[C@@H]1COc2c([S@](N)(=O)=NC(=O)Nc3c4c(cc5c3[C@@H](C)CC5)CCC4)cnn2C1. The van der Waals surface area contributed by atoms with Crippen LogP contribution in [0.15, 0.2) is 21.5 Å². The third kappa shape index (κ3) is 3.20. The van der Waals surface area contributed by atoms with E-state index < -0.39 is 15.9 Å². The summed E-state index contributed by atoms with van der Waals surface area (Å²) < 4.78 is 24.3. The van der Waals surface area contributed by atoms with E-state index in [-0.39, 0.29) is 4.90 Å². The number of carbonyl (C=O) groups excluding carboxylic acids is 1. The minimum atomic E-state index is -3.48. The molecule has 0 radical (unpaired) electrons. The van der Waals surface area contributed by atoms with Crippen LogP contribution >= 0.6 is 0 Å². The van der Waals surface area contributed by atoms with Crippen molar-refractivity contribution in [1.82, 2.24) is 9.78 Å². The molecule has 0 saturated carbocycles. The number of urea groups is 1. The minimum Gasteiger partial charge on any atom is -0.477 e. The lowest BCUT2D eigenvalue weighted by Crippen LogP contribution is -2.25. The van der Waals surface area contributed by atoms with Crippen LogP contribution in [0.25, 0.3) is 0 Å². The van der Waals surface area contributed by atoms with Crippen molar-refractivity contribution in [2.45, 2.75) is 63.3 Å². The van der Waals surface area contributed by atoms with Crippen LogP contribution in [0.2, 0.25) is 0 Å². The average Bonchev–Trinajstić information content (AvgIpc) is 3.39. The zero-order chi connectivity index (χ0) is 21.0. The van der Waals surface area contributed by atoms with Gasteiger partial charge in [0.2, 0.25) is 5.88 Å². The first-order chi connectivity index (χ1) is 14.3. The van der Waals surface area contributed by atoms with Crippen LogP contribution in [0.3, 0.4) is 0 Å². The van der Waals surface area contributed by atoms with E-state index in [1.807, 2.05) is 6.92 Å². The lowest BCUT2D eigenvalue weighted by Gasteiger charge is -2.21. The number of ether oxygens (including phenoxy) is 1. The Balaban J connectivity index is 1.49. The minimum absolute atomic E-state index is 0.168. The predicted molar refractivity (Wildman–Crippen MR) is 114 cm³/mol. The van der Waals surface area contributed by atoms with E-state index in [0.29, 0.717) is 30.9 Å². The zero-order valence-electron chi connectivity index (χ0n) is 17.3. The van der Waals surface area contributed by atoms with Gasteiger partial charge in [-0.2, -0.15) is 5.10 Å². The molecule has 30 heavy (non-hydrogen) atoms. The van der Waals surface area contributed by atoms with Gasteiger partial charge in [-0.25, -0.2) is 18.8 Å². The van der Waals surface area contributed by atoms with Gasteiger partial charge in [-0.3, -0.25) is 0 Å². The van der Waals surface area contributed by atoms with E-state index in [4.69, 9.17) is 9.88 Å². The molecule has 0 bridgehead atoms. The second-order valence-electron chi connectivity index (χ2n) is 8.76. The summed E-state index contributed by atoms with van der Waals surface area (Å²) in [5.41, 5.74) is 5.86. The number of nitrogens with zero attached hydrogens (tertiary/aromatic N) is 3. The van der Waals surface area contributed by atoms with Crippen LogP contribution in [0.4, 0.5) is 10.5 Å². The molecule has 0 fully saturated rings. The van der Waals surface area contributed by atoms with E-state index in [1.54, 1.807) is 4.68 Å². The molecule has 0 unspecified atom stereocenters. The molecule has 3 N–H and O–H groups in total. The fraction of sp³-hybridized carbons (Fsp3) is 0.524. The highest BCUT2D eigenvalue weighted by atomic mass is 32.2. The van der Waals surface area contributed by atoms with Gasteiger partial charge >= 0.3 is 6.03 Å². The van der Waals surface area contributed by atoms with Gasteiger partial charge in [0, 0.05) is 11.6 Å². The molecule has 3 atom stereocenters. The molecule has 3 aliphatic rings. The van der Waals surface area contributed by atoms with E-state index in [1.165, 1.54) is 28.5 Å². The second kappa shape index (κ2) is 7.09. The Morgan fingerprint density at radius 3 is 3.00 bits per heavy atom. The van der Waals surface area contributed by atoms with Crippen LogP contribution in [-0.4, -0.2) is 26.6 Å². The quantitative estimate of drug-likeness (QED) is 0.762. The summed E-state index contributed by atoms with van der Waals surface area (Å²) in [6, 6.07) is 1.62. The first-order valence-electron chi connectivity index (χ1n) is 10.6. The number of hydrogen-bond acceptors (Lipinski definition) is 4. The highest BCUT2D eigenvalue weighted by molar-refractivity contribution is 7.91. The highest BCUT2D eigenvalue weighted by Crippen LogP contribution is 2.44. The van der Waals surface area contributed by atoms with Gasteiger partial charge in [0.05, 0.1) is 19.3 Å². The number of nitrogens with two attached hydrogens (primary N) is 1. The summed E-state index contributed by atoms with van der Waals surface area (Å²) in [7, 11) is -3.48. The molecule has 0 saturated heterocycles. The van der Waals surface area contributed by atoms with Crippen molar-refractivity contribution in [2.75, 3.05) is 11.9 Å². The van der Waals surface area contributed by atoms with Crippen molar-refractivity contribution < 1.29 is 13.7 Å². The highest BCUT2D eigenvalue weighted by Gasteiger charge is 2.30. The summed E-state index contributed by atoms with van der Waals surface area (Å²) in [4.78, 5) is 13.0. The molecule has 2 amide bonds. The first kappa shape index (κ1) is 19.6. The number of hydrogen-bond donors (Lipinski definition) is 2. The number of anilines is 1. The topological polar surface area (TPSA) is 112 Å². The summed E-state index contributed by atoms with van der Waals surface area (Å²) in [6.07, 6.45) is 6.54. The largest absolute Gasteiger partial charge is 0.477 e. The second-order valence-corrected chi connectivity index (χ2v) is 10.5. The lowest BCUT2D eigenvalue weighted by molar-refractivity contribution is 0.171. The normalized spacial score (nSPS) is 23.7. The van der Waals surface area contributed by atoms with Gasteiger partial charge in [-0.05, 0) is 60.3 Å². The van der Waals surface area contributed by atoms with Gasteiger partial charge in [0.25, 0.3) is 0 Å². The van der Waals surface area contributed by atoms with Gasteiger partial charge in [-0.15, -0.1) is 4.36 Å². The number of aromatic nitrogens is 2. The maximum absolute atomic E-state index is 13.2. The summed E-state index contributed by atoms with van der Waals surface area (Å²) >= 11 is 0. The van der Waals surface area contributed by atoms with E-state index in [9.17, 15) is 9.00 Å². The first-order valence-corrected chi connectivity index (χ1v) is 12.1. The Hall–Kier alpha value is -2.39. The Morgan fingerprint density at radius 1 is 1.33 bits per heavy atom. The number of fused-ring (bicyclic) bond motifs is 3. The fourth-order valence-electron chi connectivity index (χ4n) is 4.96. The maximum Gasteiger partial charge on any atom is 0.354 e. The molecular weight excluding hydrogens is 402 g/mol. The predicted octanol–water partition coefficient (Wildman–Crippen LogP) is 3.38. The van der Waals surface area contributed by atoms with E-state index in [0.717, 1.165) is 37.8 Å². The van der Waals surface area contributed by atoms with Crippen LogP contribution in [0, 0.1) is 5.92 Å². The van der Waals surface area contributed by atoms with Gasteiger partial charge < -0.3 is 10.1 Å². The molecular formula is C21H27N5O3S. The maximum atomic E-state index is 13.2. The van der Waals surface area contributed by atoms with Crippen molar-refractivity contribution in [1.29, 1.82) is 0 Å². The molecule has 1 aromatic heterocycles. The smallest absolute Gasteiger partial charge is 0.354 e. The molecule has 8 nitrogen and oxygen atoms in total. The summed E-state index contributed by atoms with van der Waals surface area (Å²) in [5.74, 6) is 1.01. The summed E-state index contributed by atoms with van der Waals surface area (Å²) in [5, 5.41) is 13.2. The number of nitrogens with one attached hydrogen (secondary N) is 1. The molecule has 9 heteroatoms. The monoisotopic (exact) mass is 429 g/mol. The number of amides is 2. The van der Waals surface area contributed by atoms with Crippen molar-refractivity contribution >= 4 is 21.6 Å². The van der Waals surface area contributed by atoms with Gasteiger partial charge in [0.15, 0.2) is 9.92 Å². The molecule has 2 aromatic rings.